The summed E-state index contributed by atoms with van der Waals surface area (Å²) in [4.78, 5) is 19.9. The van der Waals surface area contributed by atoms with Crippen LogP contribution in [0, 0.1) is 6.92 Å². The molecule has 0 saturated carbocycles. The zero-order chi connectivity index (χ0) is 13.9. The molecule has 1 heterocycles. The van der Waals surface area contributed by atoms with Crippen LogP contribution in [0.1, 0.15) is 32.2 Å². The molecule has 0 spiro atoms. The topological polar surface area (TPSA) is 119 Å². The largest absolute Gasteiger partial charge is 0.368 e. The van der Waals surface area contributed by atoms with Crippen molar-refractivity contribution in [2.75, 3.05) is 10.7 Å². The molecule has 0 atom stereocenters. The lowest BCUT2D eigenvalue weighted by molar-refractivity contribution is -0.121. The number of anilines is 2. The molecule has 0 fully saturated rings. The summed E-state index contributed by atoms with van der Waals surface area (Å²) in [5.74, 6) is 6.67. The van der Waals surface area contributed by atoms with E-state index in [2.05, 4.69) is 20.7 Å². The predicted octanol–water partition coefficient (Wildman–Crippen LogP) is 0.309. The van der Waals surface area contributed by atoms with E-state index in [1.165, 1.54) is 0 Å². The number of nitrogens with two attached hydrogens (primary N) is 2. The second-order valence-electron chi connectivity index (χ2n) is 4.57. The van der Waals surface area contributed by atoms with Gasteiger partial charge in [-0.15, -0.1) is 0 Å². The molecule has 0 aliphatic heterocycles. The standard InChI is InChI=1S/C11H20N6O/c1-5-7-14-8(6(2)9(15-7)17-13)16-11(3,4)10(12)18/h5,13H2,1-4H3,(H2,12,18)(H2,14,15,16,17). The summed E-state index contributed by atoms with van der Waals surface area (Å²) in [6, 6.07) is 0. The zero-order valence-corrected chi connectivity index (χ0v) is 11.2. The Morgan fingerprint density at radius 2 is 1.89 bits per heavy atom. The fraction of sp³-hybridized carbons (Fsp3) is 0.545. The van der Waals surface area contributed by atoms with E-state index in [0.29, 0.717) is 23.9 Å². The van der Waals surface area contributed by atoms with Crippen LogP contribution in [-0.4, -0.2) is 21.4 Å². The average molecular weight is 252 g/mol. The fourth-order valence-corrected chi connectivity index (χ4v) is 1.34. The zero-order valence-electron chi connectivity index (χ0n) is 11.2. The number of nitrogen functional groups attached to an aromatic ring is 1. The molecular formula is C11H20N6O. The molecule has 100 valence electrons. The number of nitrogens with zero attached hydrogens (tertiary/aromatic N) is 2. The van der Waals surface area contributed by atoms with Crippen molar-refractivity contribution < 1.29 is 4.79 Å². The van der Waals surface area contributed by atoms with Gasteiger partial charge in [0.2, 0.25) is 5.91 Å². The minimum Gasteiger partial charge on any atom is -0.368 e. The van der Waals surface area contributed by atoms with Crippen molar-refractivity contribution in [1.82, 2.24) is 9.97 Å². The highest BCUT2D eigenvalue weighted by molar-refractivity contribution is 5.87. The van der Waals surface area contributed by atoms with Gasteiger partial charge < -0.3 is 16.5 Å². The molecule has 6 N–H and O–H groups in total. The average Bonchev–Trinajstić information content (AvgIpc) is 2.31. The van der Waals surface area contributed by atoms with Crippen LogP contribution in [0.15, 0.2) is 0 Å². The van der Waals surface area contributed by atoms with Crippen molar-refractivity contribution in [3.63, 3.8) is 0 Å². The summed E-state index contributed by atoms with van der Waals surface area (Å²) in [7, 11) is 0. The van der Waals surface area contributed by atoms with Gasteiger partial charge in [-0.25, -0.2) is 15.8 Å². The van der Waals surface area contributed by atoms with Crippen molar-refractivity contribution in [2.45, 2.75) is 39.7 Å². The van der Waals surface area contributed by atoms with Gasteiger partial charge in [0.15, 0.2) is 0 Å². The first-order valence-corrected chi connectivity index (χ1v) is 5.74. The maximum absolute atomic E-state index is 11.3. The van der Waals surface area contributed by atoms with E-state index < -0.39 is 11.4 Å². The molecule has 1 rings (SSSR count). The number of hydrazine groups is 1. The minimum atomic E-state index is -0.893. The molecule has 18 heavy (non-hydrogen) atoms. The Balaban J connectivity index is 3.19. The first-order valence-electron chi connectivity index (χ1n) is 5.74. The van der Waals surface area contributed by atoms with Crippen molar-refractivity contribution in [3.8, 4) is 0 Å². The Bertz CT molecular complexity index is 457. The monoisotopic (exact) mass is 252 g/mol. The molecule has 7 nitrogen and oxygen atoms in total. The van der Waals surface area contributed by atoms with Crippen LogP contribution in [0.4, 0.5) is 11.6 Å². The third kappa shape index (κ3) is 2.86. The Labute approximate surface area is 106 Å². The van der Waals surface area contributed by atoms with Gasteiger partial charge in [-0.3, -0.25) is 4.79 Å². The number of rotatable bonds is 5. The smallest absolute Gasteiger partial charge is 0.242 e. The van der Waals surface area contributed by atoms with E-state index in [0.717, 1.165) is 5.56 Å². The molecule has 1 amide bonds. The summed E-state index contributed by atoms with van der Waals surface area (Å²) < 4.78 is 0. The molecule has 7 heteroatoms. The number of carbonyl (C=O) groups excluding carboxylic acids is 1. The predicted molar refractivity (Wildman–Crippen MR) is 70.9 cm³/mol. The number of primary amides is 1. The van der Waals surface area contributed by atoms with E-state index >= 15 is 0 Å². The van der Waals surface area contributed by atoms with Gasteiger partial charge in [0.05, 0.1) is 0 Å². The molecule has 1 aromatic rings. The van der Waals surface area contributed by atoms with Crippen LogP contribution in [0.5, 0.6) is 0 Å². The highest BCUT2D eigenvalue weighted by Gasteiger charge is 2.26. The van der Waals surface area contributed by atoms with Gasteiger partial charge in [0.1, 0.15) is 23.0 Å². The van der Waals surface area contributed by atoms with Gasteiger partial charge in [0, 0.05) is 12.0 Å². The number of hydrogen-bond donors (Lipinski definition) is 4. The molecule has 0 aliphatic carbocycles. The third-order valence-corrected chi connectivity index (χ3v) is 2.69. The Hall–Kier alpha value is -1.89. The molecule has 0 bridgehead atoms. The van der Waals surface area contributed by atoms with Gasteiger partial charge >= 0.3 is 0 Å². The maximum atomic E-state index is 11.3. The first-order chi connectivity index (χ1) is 8.31. The number of carbonyl (C=O) groups is 1. The molecule has 0 aliphatic rings. The van der Waals surface area contributed by atoms with Gasteiger partial charge in [0.25, 0.3) is 0 Å². The number of nitrogens with one attached hydrogen (secondary N) is 2. The van der Waals surface area contributed by atoms with Crippen LogP contribution in [-0.2, 0) is 11.2 Å². The highest BCUT2D eigenvalue weighted by atomic mass is 16.1. The lowest BCUT2D eigenvalue weighted by Gasteiger charge is -2.24. The quantitative estimate of drug-likeness (QED) is 0.442. The molecule has 0 unspecified atom stereocenters. The van der Waals surface area contributed by atoms with E-state index in [4.69, 9.17) is 11.6 Å². The SMILES string of the molecule is CCc1nc(NN)c(C)c(NC(C)(C)C(N)=O)n1. The number of aryl methyl sites for hydroxylation is 1. The summed E-state index contributed by atoms with van der Waals surface area (Å²) in [6.07, 6.45) is 0.667. The third-order valence-electron chi connectivity index (χ3n) is 2.69. The van der Waals surface area contributed by atoms with Crippen molar-refractivity contribution in [2.24, 2.45) is 11.6 Å². The normalized spacial score (nSPS) is 11.2. The van der Waals surface area contributed by atoms with Crippen LogP contribution in [0.25, 0.3) is 0 Å². The van der Waals surface area contributed by atoms with Crippen molar-refractivity contribution in [1.29, 1.82) is 0 Å². The van der Waals surface area contributed by atoms with Crippen molar-refractivity contribution >= 4 is 17.5 Å². The Morgan fingerprint density at radius 1 is 1.33 bits per heavy atom. The summed E-state index contributed by atoms with van der Waals surface area (Å²) in [5.41, 5.74) is 7.69. The molecule has 0 aromatic carbocycles. The fourth-order valence-electron chi connectivity index (χ4n) is 1.34. The molecular weight excluding hydrogens is 232 g/mol. The van der Waals surface area contributed by atoms with Crippen LogP contribution < -0.4 is 22.3 Å². The summed E-state index contributed by atoms with van der Waals surface area (Å²) in [6.45, 7) is 7.14. The summed E-state index contributed by atoms with van der Waals surface area (Å²) in [5, 5.41) is 3.01. The van der Waals surface area contributed by atoms with E-state index in [1.54, 1.807) is 13.8 Å². The first kappa shape index (κ1) is 14.2. The summed E-state index contributed by atoms with van der Waals surface area (Å²) >= 11 is 0. The Morgan fingerprint density at radius 3 is 2.33 bits per heavy atom. The highest BCUT2D eigenvalue weighted by Crippen LogP contribution is 2.22. The maximum Gasteiger partial charge on any atom is 0.242 e. The molecule has 0 saturated heterocycles. The van der Waals surface area contributed by atoms with Crippen LogP contribution >= 0.6 is 0 Å². The van der Waals surface area contributed by atoms with Crippen LogP contribution in [0.2, 0.25) is 0 Å². The van der Waals surface area contributed by atoms with Crippen LogP contribution in [0.3, 0.4) is 0 Å². The van der Waals surface area contributed by atoms with E-state index in [1.807, 2.05) is 13.8 Å². The van der Waals surface area contributed by atoms with Crippen molar-refractivity contribution in [3.05, 3.63) is 11.4 Å². The van der Waals surface area contributed by atoms with E-state index in [-0.39, 0.29) is 0 Å². The number of aromatic nitrogens is 2. The molecule has 0 radical (unpaired) electrons. The Kier molecular flexibility index (Phi) is 4.07. The van der Waals surface area contributed by atoms with Gasteiger partial charge in [-0.05, 0) is 20.8 Å². The van der Waals surface area contributed by atoms with E-state index in [9.17, 15) is 4.79 Å². The van der Waals surface area contributed by atoms with Gasteiger partial charge in [-0.1, -0.05) is 6.92 Å². The second-order valence-corrected chi connectivity index (χ2v) is 4.57. The molecule has 1 aromatic heterocycles. The number of amides is 1. The lowest BCUT2D eigenvalue weighted by Crippen LogP contribution is -2.45. The minimum absolute atomic E-state index is 0.458. The lowest BCUT2D eigenvalue weighted by atomic mass is 10.0. The second kappa shape index (κ2) is 5.18. The van der Waals surface area contributed by atoms with Gasteiger partial charge in [-0.2, -0.15) is 0 Å². The number of hydrogen-bond acceptors (Lipinski definition) is 6.